The molecule has 2 saturated carbocycles. The number of ether oxygens (including phenoxy) is 1. The first-order valence-electron chi connectivity index (χ1n) is 8.67. The topological polar surface area (TPSA) is 21.3 Å². The molecular formula is C17H31NO. The SMILES string of the molecule is CC1CCCC(NCC2CCC3(CCCCC3)O2)C1. The van der Waals surface area contributed by atoms with E-state index in [-0.39, 0.29) is 0 Å². The summed E-state index contributed by atoms with van der Waals surface area (Å²) < 4.78 is 6.45. The molecule has 110 valence electrons. The summed E-state index contributed by atoms with van der Waals surface area (Å²) >= 11 is 0. The van der Waals surface area contributed by atoms with Crippen LogP contribution in [0.2, 0.25) is 0 Å². The second-order valence-corrected chi connectivity index (χ2v) is 7.40. The third-order valence-electron chi connectivity index (χ3n) is 5.67. The molecule has 1 saturated heterocycles. The highest BCUT2D eigenvalue weighted by molar-refractivity contribution is 4.92. The molecule has 1 aliphatic heterocycles. The Morgan fingerprint density at radius 2 is 1.84 bits per heavy atom. The number of nitrogens with one attached hydrogen (secondary N) is 1. The Balaban J connectivity index is 1.41. The monoisotopic (exact) mass is 265 g/mol. The Hall–Kier alpha value is -0.0800. The number of rotatable bonds is 3. The van der Waals surface area contributed by atoms with Gasteiger partial charge in [-0.15, -0.1) is 0 Å². The maximum absolute atomic E-state index is 6.45. The van der Waals surface area contributed by atoms with Crippen LogP contribution in [-0.4, -0.2) is 24.3 Å². The van der Waals surface area contributed by atoms with Crippen LogP contribution in [0.4, 0.5) is 0 Å². The lowest BCUT2D eigenvalue weighted by atomic mass is 9.83. The molecule has 0 aromatic carbocycles. The molecule has 2 heteroatoms. The third kappa shape index (κ3) is 3.52. The maximum atomic E-state index is 6.45. The van der Waals surface area contributed by atoms with Crippen LogP contribution in [0.25, 0.3) is 0 Å². The zero-order chi connectivity index (χ0) is 13.1. The van der Waals surface area contributed by atoms with Crippen LogP contribution in [0, 0.1) is 5.92 Å². The average molecular weight is 265 g/mol. The molecule has 3 aliphatic rings. The van der Waals surface area contributed by atoms with Crippen LogP contribution in [0.5, 0.6) is 0 Å². The second kappa shape index (κ2) is 6.13. The van der Waals surface area contributed by atoms with Gasteiger partial charge in [0.05, 0.1) is 11.7 Å². The Labute approximate surface area is 118 Å². The van der Waals surface area contributed by atoms with E-state index in [1.165, 1.54) is 70.6 Å². The van der Waals surface area contributed by atoms with Crippen molar-refractivity contribution < 1.29 is 4.74 Å². The minimum atomic E-state index is 0.296. The van der Waals surface area contributed by atoms with Crippen molar-refractivity contribution in [2.24, 2.45) is 5.92 Å². The molecule has 0 radical (unpaired) electrons. The van der Waals surface area contributed by atoms with E-state index in [2.05, 4.69) is 12.2 Å². The van der Waals surface area contributed by atoms with Gasteiger partial charge in [-0.05, 0) is 44.4 Å². The molecule has 2 aliphatic carbocycles. The fraction of sp³-hybridized carbons (Fsp3) is 1.00. The highest BCUT2D eigenvalue weighted by Crippen LogP contribution is 2.41. The molecule has 3 rings (SSSR count). The first kappa shape index (κ1) is 13.9. The molecule has 1 heterocycles. The van der Waals surface area contributed by atoms with Crippen molar-refractivity contribution in [2.45, 2.75) is 95.3 Å². The fourth-order valence-electron chi connectivity index (χ4n) is 4.52. The van der Waals surface area contributed by atoms with E-state index < -0.39 is 0 Å². The van der Waals surface area contributed by atoms with E-state index in [0.29, 0.717) is 11.7 Å². The first-order chi connectivity index (χ1) is 9.26. The van der Waals surface area contributed by atoms with E-state index in [1.807, 2.05) is 0 Å². The van der Waals surface area contributed by atoms with Crippen molar-refractivity contribution in [2.75, 3.05) is 6.54 Å². The van der Waals surface area contributed by atoms with Crippen LogP contribution in [0.1, 0.15) is 77.6 Å². The van der Waals surface area contributed by atoms with Gasteiger partial charge >= 0.3 is 0 Å². The minimum absolute atomic E-state index is 0.296. The molecule has 1 N–H and O–H groups in total. The molecule has 0 aromatic heterocycles. The summed E-state index contributed by atoms with van der Waals surface area (Å²) in [5.74, 6) is 0.917. The Bertz CT molecular complexity index is 285. The number of hydrogen-bond acceptors (Lipinski definition) is 2. The van der Waals surface area contributed by atoms with Gasteiger partial charge in [-0.25, -0.2) is 0 Å². The molecule has 3 unspecified atom stereocenters. The van der Waals surface area contributed by atoms with E-state index >= 15 is 0 Å². The van der Waals surface area contributed by atoms with Crippen molar-refractivity contribution in [3.05, 3.63) is 0 Å². The molecule has 0 aromatic rings. The van der Waals surface area contributed by atoms with E-state index in [9.17, 15) is 0 Å². The largest absolute Gasteiger partial charge is 0.370 e. The highest BCUT2D eigenvalue weighted by Gasteiger charge is 2.40. The number of hydrogen-bond donors (Lipinski definition) is 1. The molecule has 3 atom stereocenters. The predicted molar refractivity (Wildman–Crippen MR) is 79.3 cm³/mol. The Morgan fingerprint density at radius 1 is 1.00 bits per heavy atom. The van der Waals surface area contributed by atoms with Crippen LogP contribution in [0.15, 0.2) is 0 Å². The van der Waals surface area contributed by atoms with Crippen LogP contribution in [-0.2, 0) is 4.74 Å². The smallest absolute Gasteiger partial charge is 0.0708 e. The van der Waals surface area contributed by atoms with Gasteiger partial charge < -0.3 is 10.1 Å². The van der Waals surface area contributed by atoms with Crippen molar-refractivity contribution in [1.82, 2.24) is 5.32 Å². The summed E-state index contributed by atoms with van der Waals surface area (Å²) in [5, 5.41) is 3.79. The van der Waals surface area contributed by atoms with Crippen molar-refractivity contribution in [3.63, 3.8) is 0 Å². The van der Waals surface area contributed by atoms with Gasteiger partial charge in [0, 0.05) is 12.6 Å². The lowest BCUT2D eigenvalue weighted by Crippen LogP contribution is -2.40. The lowest BCUT2D eigenvalue weighted by Gasteiger charge is -2.34. The Kier molecular flexibility index (Phi) is 4.48. The summed E-state index contributed by atoms with van der Waals surface area (Å²) in [4.78, 5) is 0. The average Bonchev–Trinajstić information content (AvgIpc) is 2.80. The van der Waals surface area contributed by atoms with Crippen molar-refractivity contribution in [3.8, 4) is 0 Å². The zero-order valence-corrected chi connectivity index (χ0v) is 12.6. The van der Waals surface area contributed by atoms with Gasteiger partial charge in [0.15, 0.2) is 0 Å². The molecular weight excluding hydrogens is 234 g/mol. The van der Waals surface area contributed by atoms with Gasteiger partial charge in [-0.1, -0.05) is 39.0 Å². The molecule has 0 amide bonds. The minimum Gasteiger partial charge on any atom is -0.370 e. The fourth-order valence-corrected chi connectivity index (χ4v) is 4.52. The molecule has 3 fully saturated rings. The predicted octanol–water partition coefficient (Wildman–Crippen LogP) is 4.04. The van der Waals surface area contributed by atoms with Gasteiger partial charge in [0.2, 0.25) is 0 Å². The first-order valence-corrected chi connectivity index (χ1v) is 8.67. The second-order valence-electron chi connectivity index (χ2n) is 7.40. The van der Waals surface area contributed by atoms with Crippen LogP contribution in [0.3, 0.4) is 0 Å². The van der Waals surface area contributed by atoms with Gasteiger partial charge in [-0.3, -0.25) is 0 Å². The van der Waals surface area contributed by atoms with E-state index in [1.54, 1.807) is 0 Å². The lowest BCUT2D eigenvalue weighted by molar-refractivity contribution is -0.0632. The van der Waals surface area contributed by atoms with Gasteiger partial charge in [0.1, 0.15) is 0 Å². The van der Waals surface area contributed by atoms with Crippen LogP contribution < -0.4 is 5.32 Å². The summed E-state index contributed by atoms with van der Waals surface area (Å²) in [6.45, 7) is 3.50. The van der Waals surface area contributed by atoms with E-state index in [0.717, 1.165) is 18.5 Å². The van der Waals surface area contributed by atoms with Gasteiger partial charge in [-0.2, -0.15) is 0 Å². The van der Waals surface area contributed by atoms with Crippen LogP contribution >= 0.6 is 0 Å². The van der Waals surface area contributed by atoms with Crippen molar-refractivity contribution in [1.29, 1.82) is 0 Å². The molecule has 2 nitrogen and oxygen atoms in total. The molecule has 0 bridgehead atoms. The normalized spacial score (nSPS) is 38.7. The summed E-state index contributed by atoms with van der Waals surface area (Å²) in [6, 6.07) is 0.759. The van der Waals surface area contributed by atoms with E-state index in [4.69, 9.17) is 4.74 Å². The Morgan fingerprint density at radius 3 is 2.63 bits per heavy atom. The maximum Gasteiger partial charge on any atom is 0.0708 e. The highest BCUT2D eigenvalue weighted by atomic mass is 16.5. The van der Waals surface area contributed by atoms with Gasteiger partial charge in [0.25, 0.3) is 0 Å². The quantitative estimate of drug-likeness (QED) is 0.831. The molecule has 19 heavy (non-hydrogen) atoms. The summed E-state index contributed by atoms with van der Waals surface area (Å²) in [5.41, 5.74) is 0.296. The summed E-state index contributed by atoms with van der Waals surface area (Å²) in [6.07, 6.45) is 15.5. The molecule has 1 spiro atoms. The third-order valence-corrected chi connectivity index (χ3v) is 5.67. The van der Waals surface area contributed by atoms with Crippen molar-refractivity contribution >= 4 is 0 Å². The standard InChI is InChI=1S/C17H31NO/c1-14-6-5-7-15(12-14)18-13-16-8-11-17(19-16)9-3-2-4-10-17/h14-16,18H,2-13H2,1H3. The summed E-state index contributed by atoms with van der Waals surface area (Å²) in [7, 11) is 0. The zero-order valence-electron chi connectivity index (χ0n) is 12.6.